The Balaban J connectivity index is 2.26. The molecule has 0 saturated carbocycles. The van der Waals surface area contributed by atoms with E-state index in [2.05, 4.69) is 25.9 Å². The molecule has 94 valence electrons. The van der Waals surface area contributed by atoms with E-state index in [4.69, 9.17) is 11.6 Å². The van der Waals surface area contributed by atoms with Crippen LogP contribution in [-0.4, -0.2) is 23.3 Å². The number of rotatable bonds is 4. The van der Waals surface area contributed by atoms with Crippen molar-refractivity contribution in [3.05, 3.63) is 37.8 Å². The van der Waals surface area contributed by atoms with Gasteiger partial charge in [-0.1, -0.05) is 11.6 Å². The zero-order valence-electron chi connectivity index (χ0n) is 9.43. The van der Waals surface area contributed by atoms with Crippen LogP contribution in [0.2, 0.25) is 5.15 Å². The van der Waals surface area contributed by atoms with Crippen molar-refractivity contribution in [1.29, 1.82) is 0 Å². The first-order chi connectivity index (χ1) is 8.61. The number of hydrogen-bond acceptors (Lipinski definition) is 5. The van der Waals surface area contributed by atoms with Crippen LogP contribution in [0, 0.1) is 0 Å². The van der Waals surface area contributed by atoms with Gasteiger partial charge in [0.1, 0.15) is 17.3 Å². The average Bonchev–Trinajstić information content (AvgIpc) is 2.74. The Morgan fingerprint density at radius 3 is 2.94 bits per heavy atom. The van der Waals surface area contributed by atoms with Gasteiger partial charge in [-0.3, -0.25) is 4.79 Å². The van der Waals surface area contributed by atoms with E-state index in [0.29, 0.717) is 24.2 Å². The van der Waals surface area contributed by atoms with Gasteiger partial charge in [-0.25, -0.2) is 9.97 Å². The summed E-state index contributed by atoms with van der Waals surface area (Å²) in [7, 11) is 1.86. The standard InChI is InChI=1S/C11H9BrClN3OS/c1-16(3-7-2-9(12)18-5-7)11-8(4-17)10(13)14-6-15-11/h2,4-6H,3H2,1H3. The largest absolute Gasteiger partial charge is 0.355 e. The molecule has 0 N–H and O–H groups in total. The lowest BCUT2D eigenvalue weighted by molar-refractivity contribution is 0.112. The first-order valence-electron chi connectivity index (χ1n) is 5.01. The van der Waals surface area contributed by atoms with E-state index in [9.17, 15) is 4.79 Å². The Bertz CT molecular complexity index is 575. The lowest BCUT2D eigenvalue weighted by atomic mass is 10.3. The summed E-state index contributed by atoms with van der Waals surface area (Å²) in [4.78, 5) is 20.8. The third-order valence-electron chi connectivity index (χ3n) is 2.34. The van der Waals surface area contributed by atoms with Gasteiger partial charge in [0.2, 0.25) is 0 Å². The van der Waals surface area contributed by atoms with Gasteiger partial charge in [-0.2, -0.15) is 0 Å². The normalized spacial score (nSPS) is 10.4. The van der Waals surface area contributed by atoms with Gasteiger partial charge in [0.15, 0.2) is 6.29 Å². The van der Waals surface area contributed by atoms with E-state index in [0.717, 1.165) is 9.35 Å². The summed E-state index contributed by atoms with van der Waals surface area (Å²) in [6.45, 7) is 0.649. The van der Waals surface area contributed by atoms with Gasteiger partial charge in [0.05, 0.1) is 9.35 Å². The Morgan fingerprint density at radius 2 is 2.33 bits per heavy atom. The van der Waals surface area contributed by atoms with Crippen LogP contribution in [0.1, 0.15) is 15.9 Å². The van der Waals surface area contributed by atoms with Crippen LogP contribution in [0.5, 0.6) is 0 Å². The van der Waals surface area contributed by atoms with Crippen molar-refractivity contribution in [1.82, 2.24) is 9.97 Å². The number of nitrogens with zero attached hydrogens (tertiary/aromatic N) is 3. The molecule has 2 aromatic heterocycles. The number of thiophene rings is 1. The number of carbonyl (C=O) groups excluding carboxylic acids is 1. The number of halogens is 2. The number of carbonyl (C=O) groups is 1. The van der Waals surface area contributed by atoms with Gasteiger partial charge >= 0.3 is 0 Å². The van der Waals surface area contributed by atoms with E-state index >= 15 is 0 Å². The minimum Gasteiger partial charge on any atom is -0.355 e. The molecule has 2 heterocycles. The highest BCUT2D eigenvalue weighted by Gasteiger charge is 2.13. The van der Waals surface area contributed by atoms with Gasteiger partial charge in [0, 0.05) is 13.6 Å². The summed E-state index contributed by atoms with van der Waals surface area (Å²) in [5.41, 5.74) is 1.46. The van der Waals surface area contributed by atoms with E-state index in [1.165, 1.54) is 6.33 Å². The molecular weight excluding hydrogens is 338 g/mol. The molecule has 0 saturated heterocycles. The summed E-state index contributed by atoms with van der Waals surface area (Å²) < 4.78 is 1.07. The molecule has 4 nitrogen and oxygen atoms in total. The quantitative estimate of drug-likeness (QED) is 0.629. The van der Waals surface area contributed by atoms with Crippen molar-refractivity contribution in [2.45, 2.75) is 6.54 Å². The van der Waals surface area contributed by atoms with Crippen molar-refractivity contribution in [2.75, 3.05) is 11.9 Å². The Labute approximate surface area is 122 Å². The van der Waals surface area contributed by atoms with Crippen LogP contribution in [-0.2, 0) is 6.54 Å². The molecule has 0 radical (unpaired) electrons. The van der Waals surface area contributed by atoms with Gasteiger partial charge in [0.25, 0.3) is 0 Å². The molecule has 0 amide bonds. The summed E-state index contributed by atoms with van der Waals surface area (Å²) >= 11 is 10.9. The molecule has 2 rings (SSSR count). The van der Waals surface area contributed by atoms with Crippen molar-refractivity contribution in [3.63, 3.8) is 0 Å². The highest BCUT2D eigenvalue weighted by molar-refractivity contribution is 9.11. The molecule has 0 aromatic carbocycles. The minimum absolute atomic E-state index is 0.174. The first-order valence-corrected chi connectivity index (χ1v) is 7.06. The molecule has 2 aromatic rings. The van der Waals surface area contributed by atoms with Crippen LogP contribution in [0.4, 0.5) is 5.82 Å². The van der Waals surface area contributed by atoms with E-state index in [1.54, 1.807) is 11.3 Å². The Morgan fingerprint density at radius 1 is 1.56 bits per heavy atom. The van der Waals surface area contributed by atoms with E-state index < -0.39 is 0 Å². The molecule has 0 aliphatic heterocycles. The summed E-state index contributed by atoms with van der Waals surface area (Å²) in [5, 5.41) is 2.22. The number of anilines is 1. The fraction of sp³-hybridized carbons (Fsp3) is 0.182. The average molecular weight is 347 g/mol. The van der Waals surface area contributed by atoms with Crippen LogP contribution in [0.3, 0.4) is 0 Å². The highest BCUT2D eigenvalue weighted by atomic mass is 79.9. The second kappa shape index (κ2) is 5.77. The predicted molar refractivity (Wildman–Crippen MR) is 76.6 cm³/mol. The maximum atomic E-state index is 11.0. The topological polar surface area (TPSA) is 46.1 Å². The number of aromatic nitrogens is 2. The minimum atomic E-state index is 0.174. The van der Waals surface area contributed by atoms with Crippen LogP contribution in [0.25, 0.3) is 0 Å². The molecular formula is C11H9BrClN3OS. The molecule has 0 aliphatic rings. The Hall–Kier alpha value is -0.980. The molecule has 7 heteroatoms. The second-order valence-electron chi connectivity index (χ2n) is 3.63. The summed E-state index contributed by atoms with van der Waals surface area (Å²) in [6, 6.07) is 2.03. The summed E-state index contributed by atoms with van der Waals surface area (Å²) in [6.07, 6.45) is 2.03. The number of aldehydes is 1. The Kier molecular flexibility index (Phi) is 4.31. The van der Waals surface area contributed by atoms with E-state index in [1.807, 2.05) is 23.4 Å². The smallest absolute Gasteiger partial charge is 0.156 e. The van der Waals surface area contributed by atoms with Crippen molar-refractivity contribution in [2.24, 2.45) is 0 Å². The predicted octanol–water partition coefficient (Wildman–Crippen LogP) is 3.40. The highest BCUT2D eigenvalue weighted by Crippen LogP contribution is 2.25. The van der Waals surface area contributed by atoms with E-state index in [-0.39, 0.29) is 5.15 Å². The van der Waals surface area contributed by atoms with Gasteiger partial charge < -0.3 is 4.90 Å². The third-order valence-corrected chi connectivity index (χ3v) is 4.19. The zero-order valence-corrected chi connectivity index (χ0v) is 12.6. The second-order valence-corrected chi connectivity index (χ2v) is 6.28. The lowest BCUT2D eigenvalue weighted by Gasteiger charge is -2.18. The first kappa shape index (κ1) is 13.5. The SMILES string of the molecule is CN(Cc1csc(Br)c1)c1ncnc(Cl)c1C=O. The molecule has 0 aliphatic carbocycles. The van der Waals surface area contributed by atoms with Crippen LogP contribution in [0.15, 0.2) is 21.6 Å². The molecule has 0 atom stereocenters. The van der Waals surface area contributed by atoms with Crippen molar-refractivity contribution in [3.8, 4) is 0 Å². The van der Waals surface area contributed by atoms with Gasteiger partial charge in [-0.15, -0.1) is 11.3 Å². The van der Waals surface area contributed by atoms with Crippen LogP contribution >= 0.6 is 38.9 Å². The molecule has 0 fully saturated rings. The monoisotopic (exact) mass is 345 g/mol. The molecule has 0 bridgehead atoms. The number of hydrogen-bond donors (Lipinski definition) is 0. The van der Waals surface area contributed by atoms with Crippen molar-refractivity contribution < 1.29 is 4.79 Å². The maximum absolute atomic E-state index is 11.0. The molecule has 0 unspecified atom stereocenters. The van der Waals surface area contributed by atoms with Gasteiger partial charge in [-0.05, 0) is 32.9 Å². The summed E-state index contributed by atoms with van der Waals surface area (Å²) in [5.74, 6) is 0.535. The fourth-order valence-electron chi connectivity index (χ4n) is 1.55. The maximum Gasteiger partial charge on any atom is 0.156 e. The lowest BCUT2D eigenvalue weighted by Crippen LogP contribution is -2.19. The molecule has 0 spiro atoms. The van der Waals surface area contributed by atoms with Crippen molar-refractivity contribution >= 4 is 51.0 Å². The zero-order chi connectivity index (χ0) is 13.1. The molecule has 18 heavy (non-hydrogen) atoms. The fourth-order valence-corrected chi connectivity index (χ4v) is 2.92. The third kappa shape index (κ3) is 2.88. The van der Waals surface area contributed by atoms with Crippen LogP contribution < -0.4 is 4.90 Å².